The summed E-state index contributed by atoms with van der Waals surface area (Å²) in [6, 6.07) is 35.8. The molecule has 12 rings (SSSR count). The summed E-state index contributed by atoms with van der Waals surface area (Å²) < 4.78 is 29.7. The molecule has 0 saturated carbocycles. The third kappa shape index (κ3) is 10.7. The summed E-state index contributed by atoms with van der Waals surface area (Å²) >= 11 is 26.1. The number of aromatic nitrogens is 6. The number of nitriles is 2. The van der Waals surface area contributed by atoms with Gasteiger partial charge in [-0.2, -0.15) is 10.5 Å². The van der Waals surface area contributed by atoms with E-state index in [0.29, 0.717) is 68.6 Å². The van der Waals surface area contributed by atoms with E-state index in [4.69, 9.17) is 85.0 Å². The summed E-state index contributed by atoms with van der Waals surface area (Å²) in [6.45, 7) is 10.8. The molecule has 10 aromatic rings. The van der Waals surface area contributed by atoms with Gasteiger partial charge < -0.3 is 47.7 Å². The van der Waals surface area contributed by atoms with E-state index < -0.39 is 25.4 Å². The normalized spacial score (nSPS) is 14.3. The van der Waals surface area contributed by atoms with E-state index in [1.54, 1.807) is 100.0 Å². The molecule has 1 unspecified atom stereocenters. The Hall–Kier alpha value is -9.11. The molecule has 0 fully saturated rings. The van der Waals surface area contributed by atoms with Gasteiger partial charge in [-0.05, 0) is 111 Å². The Bertz CT molecular complexity index is 4690. The number of carbonyl (C=O) groups excluding carboxylic acids is 2. The summed E-state index contributed by atoms with van der Waals surface area (Å²) in [6.07, 6.45) is 2.25. The summed E-state index contributed by atoms with van der Waals surface area (Å²) in [5, 5.41) is 48.3. The second kappa shape index (κ2) is 24.0. The maximum Gasteiger partial charge on any atom is 0.743 e. The van der Waals surface area contributed by atoms with Crippen LogP contribution in [0.5, 0.6) is 28.7 Å². The summed E-state index contributed by atoms with van der Waals surface area (Å²) in [5.41, 5.74) is 3.39. The Morgan fingerprint density at radius 2 is 1.37 bits per heavy atom. The minimum absolute atomic E-state index is 0.0207. The zero-order valence-electron chi connectivity index (χ0n) is 46.9. The van der Waals surface area contributed by atoms with Crippen molar-refractivity contribution in [1.29, 1.82) is 10.5 Å². The number of aliphatic hydroxyl groups excluding tert-OH is 1. The van der Waals surface area contributed by atoms with Gasteiger partial charge in [-0.1, -0.05) is 110 Å². The maximum absolute atomic E-state index is 14.5. The molecule has 4 aromatic heterocycles. The number of halogens is 4. The molecule has 2 N–H and O–H groups in total. The second-order valence-electron chi connectivity index (χ2n) is 20.8. The Kier molecular flexibility index (Phi) is 16.1. The van der Waals surface area contributed by atoms with Crippen LogP contribution < -0.4 is 29.4 Å². The lowest BCUT2D eigenvalue weighted by Crippen LogP contribution is -2.43. The highest BCUT2D eigenvalue weighted by molar-refractivity contribution is 6.48. The molecule has 0 radical (unpaired) electrons. The third-order valence-electron chi connectivity index (χ3n) is 15.4. The first-order valence-electron chi connectivity index (χ1n) is 27.7. The first-order chi connectivity index (χ1) is 42.1. The van der Waals surface area contributed by atoms with Crippen molar-refractivity contribution < 1.29 is 38.5 Å². The molecule has 2 aliphatic rings. The number of aromatic hydroxyl groups is 1. The number of phenolic OH excluding ortho intramolecular Hbond substituents is 1. The van der Waals surface area contributed by atoms with Crippen molar-refractivity contribution in [2.45, 2.75) is 46.3 Å². The quantitative estimate of drug-likeness (QED) is 0.0521. The van der Waals surface area contributed by atoms with Gasteiger partial charge in [0.1, 0.15) is 57.7 Å². The summed E-state index contributed by atoms with van der Waals surface area (Å²) in [4.78, 5) is 51.1. The monoisotopic (exact) mass is 1230 g/mol. The fraction of sp³-hybridized carbons (Fsp3) is 0.175. The molecule has 6 aromatic carbocycles. The summed E-state index contributed by atoms with van der Waals surface area (Å²) in [5.74, 6) is -0.814. The number of aliphatic hydroxyl groups is 1. The lowest BCUT2D eigenvalue weighted by atomic mass is 10.0. The van der Waals surface area contributed by atoms with Crippen LogP contribution in [0.15, 0.2) is 128 Å². The van der Waals surface area contributed by atoms with Crippen molar-refractivity contribution in [2.24, 2.45) is 0 Å². The van der Waals surface area contributed by atoms with Crippen molar-refractivity contribution >= 4 is 117 Å². The van der Waals surface area contributed by atoms with Crippen molar-refractivity contribution in [3.8, 4) is 52.1 Å². The molecule has 0 aliphatic carbocycles. The number of ether oxygens (including phenoxy) is 1. The number of nitrogens with zero attached hydrogens (tertiary/aromatic N) is 10. The maximum atomic E-state index is 14.5. The molecule has 0 bridgehead atoms. The van der Waals surface area contributed by atoms with Gasteiger partial charge in [0, 0.05) is 39.7 Å². The first kappa shape index (κ1) is 58.3. The van der Waals surface area contributed by atoms with Crippen LogP contribution in [0.1, 0.15) is 89.6 Å². The molecule has 432 valence electrons. The molecule has 18 nitrogen and oxygen atoms in total. The Balaban J connectivity index is 1.14. The molecule has 1 atom stereocenters. The van der Waals surface area contributed by atoms with Crippen LogP contribution in [0, 0.1) is 22.7 Å². The number of esters is 1. The van der Waals surface area contributed by atoms with Crippen molar-refractivity contribution in [1.82, 2.24) is 38.7 Å². The fourth-order valence-electron chi connectivity index (χ4n) is 11.3. The smallest absolute Gasteiger partial charge is 0.541 e. The van der Waals surface area contributed by atoms with E-state index in [1.807, 2.05) is 13.8 Å². The van der Waals surface area contributed by atoms with E-state index in [2.05, 4.69) is 30.9 Å². The number of hydrogen-bond donors (Lipinski definition) is 2. The fourth-order valence-corrected chi connectivity index (χ4v) is 11.9. The molecule has 24 heteroatoms. The largest absolute Gasteiger partial charge is 0.743 e. The van der Waals surface area contributed by atoms with E-state index in [9.17, 15) is 30.3 Å². The number of rotatable bonds is 16. The van der Waals surface area contributed by atoms with Gasteiger partial charge in [-0.25, -0.2) is 14.8 Å². The van der Waals surface area contributed by atoms with Crippen LogP contribution >= 0.6 is 46.4 Å². The zero-order valence-corrected chi connectivity index (χ0v) is 50.0. The number of benzene rings is 6. The van der Waals surface area contributed by atoms with Crippen LogP contribution in [-0.4, -0.2) is 102 Å². The van der Waals surface area contributed by atoms with Crippen molar-refractivity contribution in [3.05, 3.63) is 192 Å². The molecule has 0 spiro atoms. The molecule has 2 aliphatic heterocycles. The predicted molar refractivity (Wildman–Crippen MR) is 334 cm³/mol. The lowest BCUT2D eigenvalue weighted by molar-refractivity contribution is 0.0162. The van der Waals surface area contributed by atoms with E-state index in [-0.39, 0.29) is 106 Å². The van der Waals surface area contributed by atoms with Crippen molar-refractivity contribution in [3.63, 3.8) is 0 Å². The van der Waals surface area contributed by atoms with Gasteiger partial charge >= 0.3 is 20.8 Å². The Labute approximate surface area is 518 Å². The molecule has 1 amide bonds. The number of hydrogen-bond acceptors (Lipinski definition) is 15. The highest BCUT2D eigenvalue weighted by Crippen LogP contribution is 2.40. The molecule has 6 heterocycles. The van der Waals surface area contributed by atoms with Gasteiger partial charge in [0.15, 0.2) is 12.0 Å². The molecular weight excluding hydrogens is 1190 g/mol. The number of para-hydroxylation sites is 4. The third-order valence-corrected chi connectivity index (χ3v) is 16.8. The minimum Gasteiger partial charge on any atom is -0.541 e. The number of amides is 1. The lowest BCUT2D eigenvalue weighted by Gasteiger charge is -2.23. The average molecular weight is 1240 g/mol. The molecule has 87 heavy (non-hydrogen) atoms. The van der Waals surface area contributed by atoms with Crippen LogP contribution in [-0.2, 0) is 0 Å². The van der Waals surface area contributed by atoms with Crippen LogP contribution in [0.2, 0.25) is 20.1 Å². The highest BCUT2D eigenvalue weighted by Gasteiger charge is 2.42. The minimum atomic E-state index is -1.38. The average Bonchev–Trinajstić information content (AvgIpc) is 1.54. The predicted octanol–water partition coefficient (Wildman–Crippen LogP) is 10.8. The van der Waals surface area contributed by atoms with Gasteiger partial charge in [0.2, 0.25) is 0 Å². The molecular formula is C63H48B2Cl4N10O8. The Morgan fingerprint density at radius 3 is 1.97 bits per heavy atom. The van der Waals surface area contributed by atoms with Gasteiger partial charge in [0.05, 0.1) is 76.5 Å². The SMILES string of the molecule is CCN(CC)CCCN1C(=O)c2ccc(C(=O)Oc3cccc(-c4c5/c(=C(\C#N)c6cnc7cc(Cl)c(Cl)cc7n6)n(BOc6ccccc6O)c(C(C)C)c5/c(=C(\C#N)c5cnc6cc(Cl)c(Cl)cc6n5)n4B4Oc5ccccc5O4)c3)cc2C1O. The van der Waals surface area contributed by atoms with E-state index >= 15 is 0 Å². The number of carbonyl (C=O) groups is 2. The number of fused-ring (bicyclic) bond motifs is 5. The van der Waals surface area contributed by atoms with Crippen LogP contribution in [0.25, 0.3) is 55.2 Å². The van der Waals surface area contributed by atoms with E-state index in [0.717, 1.165) is 19.6 Å². The topological polar surface area (TPSA) is 227 Å². The highest BCUT2D eigenvalue weighted by atomic mass is 35.5. The Morgan fingerprint density at radius 1 is 0.770 bits per heavy atom. The molecule has 0 saturated heterocycles. The van der Waals surface area contributed by atoms with Gasteiger partial charge in [-0.3, -0.25) is 14.8 Å². The van der Waals surface area contributed by atoms with Crippen molar-refractivity contribution in [2.75, 3.05) is 26.2 Å². The van der Waals surface area contributed by atoms with Gasteiger partial charge in [0.25, 0.3) is 5.91 Å². The van der Waals surface area contributed by atoms with Gasteiger partial charge in [-0.15, -0.1) is 0 Å². The van der Waals surface area contributed by atoms with E-state index in [1.165, 1.54) is 41.6 Å². The number of phenols is 1. The van der Waals surface area contributed by atoms with Crippen LogP contribution in [0.3, 0.4) is 0 Å². The first-order valence-corrected chi connectivity index (χ1v) is 29.2. The van der Waals surface area contributed by atoms with Crippen LogP contribution in [0.4, 0.5) is 0 Å². The standard InChI is InChI=1S/C63H48B2Cl4N10O8/c1-5-76(6-2)21-12-22-77-61(81)37-20-19-35(24-38(37)62(77)82)63(83)84-36-14-11-13-34(23-36)58-56-55(60(79(58)65-86-53-17-9-10-18-54(53)87-65)40(30-71)50-32-73-46-26-42(67)44(69)28-48(46)75-50)57(33(3)4)78(64-85-52-16-8-7-15-51(52)80)59(56)39(29-70)49-31-72-45-25-41(66)43(68)27-47(45)74-49/h7-11,13-20,23-28,31-33,62,64,80,82H,5-6,12,21-22H2,1-4H3/b59-39-,60-40-. The zero-order chi connectivity index (χ0) is 60.9. The summed E-state index contributed by atoms with van der Waals surface area (Å²) in [7, 11) is -1.71. The second-order valence-corrected chi connectivity index (χ2v) is 22.5.